The van der Waals surface area contributed by atoms with Crippen molar-refractivity contribution in [3.05, 3.63) is 99.9 Å². The van der Waals surface area contributed by atoms with Gasteiger partial charge in [-0.25, -0.2) is 4.79 Å². The lowest BCUT2D eigenvalue weighted by Crippen LogP contribution is -2.32. The minimum Gasteiger partial charge on any atom is -0.448 e. The number of hydrogen-bond acceptors (Lipinski definition) is 4. The molecule has 38 heavy (non-hydrogen) atoms. The van der Waals surface area contributed by atoms with Crippen LogP contribution in [0.25, 0.3) is 11.4 Å². The molecule has 4 aromatic rings. The first kappa shape index (κ1) is 26.8. The van der Waals surface area contributed by atoms with E-state index in [-0.39, 0.29) is 6.61 Å². The Balaban J connectivity index is 1.95. The number of carbonyl (C=O) groups is 1. The molecule has 0 N–H and O–H groups in total. The highest BCUT2D eigenvalue weighted by atomic mass is 16.6. The number of imidazole rings is 1. The standard InChI is InChI=1S/C31H36N5O2/c1-9-38-31(37)36(27-12-10-20(2)11-13-27)33-32-30-34(28-23(5)16-21(3)17-24(28)6)14-15-35(30)29-25(7)18-22(4)19-26(29)8/h10-19H,9H2,1-8H3/q+1. The summed E-state index contributed by atoms with van der Waals surface area (Å²) in [6.07, 6.45) is 3.41. The van der Waals surface area contributed by atoms with Crippen molar-refractivity contribution >= 4 is 17.7 Å². The van der Waals surface area contributed by atoms with Crippen LogP contribution in [0.3, 0.4) is 0 Å². The van der Waals surface area contributed by atoms with Gasteiger partial charge in [-0.05, 0) is 89.8 Å². The lowest BCUT2D eigenvalue weighted by atomic mass is 10.0. The molecule has 4 rings (SSSR count). The summed E-state index contributed by atoms with van der Waals surface area (Å²) in [5.41, 5.74) is 10.6. The van der Waals surface area contributed by atoms with Crippen LogP contribution in [0.2, 0.25) is 0 Å². The Hall–Kier alpha value is -4.26. The highest BCUT2D eigenvalue weighted by molar-refractivity contribution is 5.86. The molecule has 0 radical (unpaired) electrons. The normalized spacial score (nSPS) is 11.3. The average molecular weight is 511 g/mol. The molecular formula is C31H36N5O2+. The van der Waals surface area contributed by atoms with Crippen LogP contribution in [-0.4, -0.2) is 17.3 Å². The van der Waals surface area contributed by atoms with Gasteiger partial charge in [-0.15, -0.1) is 5.01 Å². The van der Waals surface area contributed by atoms with E-state index in [1.54, 1.807) is 6.92 Å². The molecule has 1 amide bonds. The summed E-state index contributed by atoms with van der Waals surface area (Å²) in [6, 6.07) is 16.2. The number of nitrogens with zero attached hydrogens (tertiary/aromatic N) is 5. The Morgan fingerprint density at radius 3 is 1.95 bits per heavy atom. The van der Waals surface area contributed by atoms with E-state index < -0.39 is 6.09 Å². The first-order valence-electron chi connectivity index (χ1n) is 12.8. The number of aryl methyl sites for hydroxylation is 7. The first-order chi connectivity index (χ1) is 18.1. The summed E-state index contributed by atoms with van der Waals surface area (Å²) >= 11 is 0. The Kier molecular flexibility index (Phi) is 7.76. The van der Waals surface area contributed by atoms with Gasteiger partial charge >= 0.3 is 12.0 Å². The smallest absolute Gasteiger partial charge is 0.437 e. The molecule has 0 unspecified atom stereocenters. The van der Waals surface area contributed by atoms with Gasteiger partial charge in [-0.2, -0.15) is 9.13 Å². The monoisotopic (exact) mass is 510 g/mol. The predicted octanol–water partition coefficient (Wildman–Crippen LogP) is 7.57. The number of hydrogen-bond donors (Lipinski definition) is 0. The molecule has 0 aliphatic carbocycles. The molecule has 0 atom stereocenters. The van der Waals surface area contributed by atoms with Crippen LogP contribution in [0.5, 0.6) is 0 Å². The van der Waals surface area contributed by atoms with E-state index in [4.69, 9.17) is 9.85 Å². The van der Waals surface area contributed by atoms with Crippen molar-refractivity contribution in [2.75, 3.05) is 11.6 Å². The van der Waals surface area contributed by atoms with Gasteiger partial charge in [0.15, 0.2) is 0 Å². The van der Waals surface area contributed by atoms with Gasteiger partial charge in [0.25, 0.3) is 0 Å². The second-order valence-electron chi connectivity index (χ2n) is 9.87. The molecule has 0 fully saturated rings. The van der Waals surface area contributed by atoms with Gasteiger partial charge in [-0.3, -0.25) is 0 Å². The number of benzene rings is 3. The molecule has 0 saturated heterocycles. The van der Waals surface area contributed by atoms with Crippen molar-refractivity contribution in [1.29, 1.82) is 0 Å². The third-order valence-corrected chi connectivity index (χ3v) is 6.49. The first-order valence-corrected chi connectivity index (χ1v) is 12.8. The third kappa shape index (κ3) is 5.37. The Labute approximate surface area is 225 Å². The van der Waals surface area contributed by atoms with Crippen molar-refractivity contribution in [1.82, 2.24) is 4.57 Å². The molecule has 0 saturated carbocycles. The van der Waals surface area contributed by atoms with E-state index >= 15 is 0 Å². The van der Waals surface area contributed by atoms with Gasteiger partial charge in [0.1, 0.15) is 23.8 Å². The van der Waals surface area contributed by atoms with E-state index in [2.05, 4.69) is 71.0 Å². The van der Waals surface area contributed by atoms with Crippen LogP contribution in [-0.2, 0) is 4.74 Å². The van der Waals surface area contributed by atoms with Crippen LogP contribution in [0.15, 0.2) is 71.3 Å². The second-order valence-corrected chi connectivity index (χ2v) is 9.87. The third-order valence-electron chi connectivity index (χ3n) is 6.49. The maximum absolute atomic E-state index is 12.9. The lowest BCUT2D eigenvalue weighted by Gasteiger charge is -2.14. The van der Waals surface area contributed by atoms with Crippen LogP contribution in [0.1, 0.15) is 45.9 Å². The van der Waals surface area contributed by atoms with Crippen molar-refractivity contribution in [3.63, 3.8) is 0 Å². The van der Waals surface area contributed by atoms with Gasteiger partial charge in [0, 0.05) is 5.22 Å². The summed E-state index contributed by atoms with van der Waals surface area (Å²) < 4.78 is 9.38. The molecule has 1 aromatic heterocycles. The van der Waals surface area contributed by atoms with Crippen LogP contribution in [0, 0.1) is 48.5 Å². The van der Waals surface area contributed by atoms with Gasteiger partial charge < -0.3 is 4.74 Å². The molecule has 0 bridgehead atoms. The SMILES string of the molecule is CCOC(=O)N(N=Nc1n(-c2c(C)cc(C)cc2C)cc[n+]1-c1c(C)cc(C)cc1C)c1ccc(C)cc1. The number of ether oxygens (including phenoxy) is 1. The van der Waals surface area contributed by atoms with Gasteiger partial charge in [0.05, 0.1) is 17.4 Å². The fraction of sp³-hybridized carbons (Fsp3) is 0.290. The topological polar surface area (TPSA) is 63.1 Å². The quantitative estimate of drug-likeness (QED) is 0.152. The molecule has 7 nitrogen and oxygen atoms in total. The fourth-order valence-electron chi connectivity index (χ4n) is 5.08. The molecular weight excluding hydrogens is 474 g/mol. The van der Waals surface area contributed by atoms with Gasteiger partial charge in [0.2, 0.25) is 0 Å². The van der Waals surface area contributed by atoms with Crippen molar-refractivity contribution < 1.29 is 14.1 Å². The number of rotatable bonds is 6. The Bertz CT molecular complexity index is 1400. The van der Waals surface area contributed by atoms with E-state index in [0.717, 1.165) is 39.2 Å². The van der Waals surface area contributed by atoms with E-state index in [1.807, 2.05) is 52.7 Å². The maximum Gasteiger partial charge on any atom is 0.437 e. The molecule has 0 spiro atoms. The highest BCUT2D eigenvalue weighted by Crippen LogP contribution is 2.28. The Morgan fingerprint density at radius 2 is 1.39 bits per heavy atom. The minimum atomic E-state index is -0.588. The largest absolute Gasteiger partial charge is 0.448 e. The lowest BCUT2D eigenvalue weighted by molar-refractivity contribution is -0.581. The molecule has 7 heteroatoms. The number of aromatic nitrogens is 2. The van der Waals surface area contributed by atoms with Crippen molar-refractivity contribution in [2.24, 2.45) is 10.3 Å². The van der Waals surface area contributed by atoms with Crippen LogP contribution in [0.4, 0.5) is 16.4 Å². The summed E-state index contributed by atoms with van der Waals surface area (Å²) in [7, 11) is 0. The number of anilines is 1. The molecule has 1 heterocycles. The summed E-state index contributed by atoms with van der Waals surface area (Å²) in [4.78, 5) is 12.9. The zero-order valence-corrected chi connectivity index (χ0v) is 23.5. The summed E-state index contributed by atoms with van der Waals surface area (Å²) in [5.74, 6) is 0.566. The van der Waals surface area contributed by atoms with E-state index in [0.29, 0.717) is 11.6 Å². The number of carbonyl (C=O) groups excluding carboxylic acids is 1. The van der Waals surface area contributed by atoms with Crippen molar-refractivity contribution in [2.45, 2.75) is 55.4 Å². The second kappa shape index (κ2) is 11.0. The predicted molar refractivity (Wildman–Crippen MR) is 151 cm³/mol. The molecule has 0 aliphatic rings. The molecule has 196 valence electrons. The fourth-order valence-corrected chi connectivity index (χ4v) is 5.08. The van der Waals surface area contributed by atoms with E-state index in [1.165, 1.54) is 16.1 Å². The van der Waals surface area contributed by atoms with E-state index in [9.17, 15) is 4.79 Å². The summed E-state index contributed by atoms with van der Waals surface area (Å²) in [6.45, 7) is 16.6. The summed E-state index contributed by atoms with van der Waals surface area (Å²) in [5, 5.41) is 10.4. The van der Waals surface area contributed by atoms with Crippen molar-refractivity contribution in [3.8, 4) is 11.4 Å². The average Bonchev–Trinajstić information content (AvgIpc) is 3.22. The Morgan fingerprint density at radius 1 is 0.842 bits per heavy atom. The number of amides is 1. The van der Waals surface area contributed by atoms with Crippen LogP contribution >= 0.6 is 0 Å². The zero-order chi connectivity index (χ0) is 27.6. The minimum absolute atomic E-state index is 0.233. The molecule has 3 aromatic carbocycles. The van der Waals surface area contributed by atoms with Crippen LogP contribution < -0.4 is 9.58 Å². The highest BCUT2D eigenvalue weighted by Gasteiger charge is 2.27. The maximum atomic E-state index is 12.9. The molecule has 0 aliphatic heterocycles. The zero-order valence-electron chi connectivity index (χ0n) is 23.5. The van der Waals surface area contributed by atoms with Gasteiger partial charge in [-0.1, -0.05) is 53.1 Å².